The van der Waals surface area contributed by atoms with Crippen LogP contribution in [0.1, 0.15) is 30.3 Å². The Balaban J connectivity index is 1.96. The van der Waals surface area contributed by atoms with Gasteiger partial charge in [-0.3, -0.25) is 9.59 Å². The van der Waals surface area contributed by atoms with Gasteiger partial charge >= 0.3 is 0 Å². The Morgan fingerprint density at radius 2 is 2.04 bits per heavy atom. The number of benzene rings is 1. The van der Waals surface area contributed by atoms with Crippen LogP contribution in [0.15, 0.2) is 23.4 Å². The highest BCUT2D eigenvalue weighted by molar-refractivity contribution is 7.99. The van der Waals surface area contributed by atoms with E-state index in [0.717, 1.165) is 16.8 Å². The number of rotatable bonds is 8. The van der Waals surface area contributed by atoms with E-state index in [0.29, 0.717) is 23.9 Å². The molecule has 2 amide bonds. The van der Waals surface area contributed by atoms with E-state index in [-0.39, 0.29) is 24.0 Å². The lowest BCUT2D eigenvalue weighted by molar-refractivity contribution is -0.118. The van der Waals surface area contributed by atoms with Crippen molar-refractivity contribution < 1.29 is 9.59 Å². The standard InChI is InChI=1S/C17H23N5O2S/c1-4-22-15(8-7-14(18)23)20-21-17(22)25-10-16(24)19-13-6-5-11(2)9-12(13)3/h5-6,9H,4,7-8,10H2,1-3H3,(H2,18,23)(H,19,24). The van der Waals surface area contributed by atoms with Crippen molar-refractivity contribution in [3.05, 3.63) is 35.2 Å². The molecule has 2 rings (SSSR count). The van der Waals surface area contributed by atoms with Gasteiger partial charge in [-0.25, -0.2) is 0 Å². The zero-order valence-electron chi connectivity index (χ0n) is 14.7. The molecular formula is C17H23N5O2S. The second-order valence-corrected chi connectivity index (χ2v) is 6.71. The van der Waals surface area contributed by atoms with Gasteiger partial charge in [0.05, 0.1) is 5.75 Å². The summed E-state index contributed by atoms with van der Waals surface area (Å²) >= 11 is 1.32. The normalized spacial score (nSPS) is 10.7. The molecular weight excluding hydrogens is 338 g/mol. The van der Waals surface area contributed by atoms with Gasteiger partial charge in [0, 0.05) is 25.1 Å². The van der Waals surface area contributed by atoms with Crippen molar-refractivity contribution in [3.8, 4) is 0 Å². The maximum atomic E-state index is 12.2. The number of nitrogens with two attached hydrogens (primary N) is 1. The first kappa shape index (κ1) is 19.0. The Morgan fingerprint density at radius 3 is 2.68 bits per heavy atom. The van der Waals surface area contributed by atoms with Gasteiger partial charge in [-0.15, -0.1) is 10.2 Å². The van der Waals surface area contributed by atoms with Crippen LogP contribution in [0.2, 0.25) is 0 Å². The maximum absolute atomic E-state index is 12.2. The van der Waals surface area contributed by atoms with E-state index in [1.54, 1.807) is 0 Å². The summed E-state index contributed by atoms with van der Waals surface area (Å²) in [5.41, 5.74) is 8.18. The zero-order valence-corrected chi connectivity index (χ0v) is 15.5. The number of primary amides is 1. The zero-order chi connectivity index (χ0) is 18.4. The molecule has 0 atom stereocenters. The highest BCUT2D eigenvalue weighted by Gasteiger charge is 2.14. The lowest BCUT2D eigenvalue weighted by Crippen LogP contribution is -2.16. The van der Waals surface area contributed by atoms with Crippen molar-refractivity contribution in [3.63, 3.8) is 0 Å². The summed E-state index contributed by atoms with van der Waals surface area (Å²) in [4.78, 5) is 23.1. The number of anilines is 1. The molecule has 1 aromatic heterocycles. The van der Waals surface area contributed by atoms with Gasteiger partial charge in [0.1, 0.15) is 5.82 Å². The monoisotopic (exact) mass is 361 g/mol. The summed E-state index contributed by atoms with van der Waals surface area (Å²) in [6.07, 6.45) is 0.682. The highest BCUT2D eigenvalue weighted by atomic mass is 32.2. The molecule has 0 saturated heterocycles. The topological polar surface area (TPSA) is 103 Å². The molecule has 0 aliphatic heterocycles. The Kier molecular flexibility index (Phi) is 6.58. The largest absolute Gasteiger partial charge is 0.370 e. The van der Waals surface area contributed by atoms with Crippen molar-refractivity contribution in [1.29, 1.82) is 0 Å². The van der Waals surface area contributed by atoms with Gasteiger partial charge < -0.3 is 15.6 Å². The average molecular weight is 361 g/mol. The summed E-state index contributed by atoms with van der Waals surface area (Å²) in [5.74, 6) is 0.481. The molecule has 25 heavy (non-hydrogen) atoms. The lowest BCUT2D eigenvalue weighted by atomic mass is 10.1. The number of carbonyl (C=O) groups excluding carboxylic acids is 2. The molecule has 3 N–H and O–H groups in total. The fourth-order valence-electron chi connectivity index (χ4n) is 2.43. The number of hydrogen-bond donors (Lipinski definition) is 2. The Labute approximate surface area is 151 Å². The predicted octanol–water partition coefficient (Wildman–Crippen LogP) is 2.06. The first-order chi connectivity index (χ1) is 11.9. The number of nitrogens with one attached hydrogen (secondary N) is 1. The second-order valence-electron chi connectivity index (χ2n) is 5.76. The number of aryl methyl sites for hydroxylation is 3. The van der Waals surface area contributed by atoms with Crippen LogP contribution in [-0.2, 0) is 22.6 Å². The number of nitrogens with zero attached hydrogens (tertiary/aromatic N) is 3. The number of amides is 2. The van der Waals surface area contributed by atoms with Gasteiger partial charge in [0.2, 0.25) is 11.8 Å². The first-order valence-corrected chi connectivity index (χ1v) is 9.09. The quantitative estimate of drug-likeness (QED) is 0.701. The minimum atomic E-state index is -0.368. The molecule has 1 aromatic carbocycles. The molecule has 0 saturated carbocycles. The number of aromatic nitrogens is 3. The van der Waals surface area contributed by atoms with Crippen LogP contribution in [0.3, 0.4) is 0 Å². The molecule has 0 fully saturated rings. The molecule has 1 heterocycles. The molecule has 8 heteroatoms. The van der Waals surface area contributed by atoms with E-state index in [2.05, 4.69) is 15.5 Å². The maximum Gasteiger partial charge on any atom is 0.234 e. The van der Waals surface area contributed by atoms with E-state index in [1.165, 1.54) is 11.8 Å². The Morgan fingerprint density at radius 1 is 1.28 bits per heavy atom. The smallest absolute Gasteiger partial charge is 0.234 e. The first-order valence-electron chi connectivity index (χ1n) is 8.11. The number of hydrogen-bond acceptors (Lipinski definition) is 5. The van der Waals surface area contributed by atoms with Crippen LogP contribution < -0.4 is 11.1 Å². The summed E-state index contributed by atoms with van der Waals surface area (Å²) < 4.78 is 1.90. The minimum Gasteiger partial charge on any atom is -0.370 e. The average Bonchev–Trinajstić information content (AvgIpc) is 2.95. The van der Waals surface area contributed by atoms with E-state index in [1.807, 2.05) is 43.5 Å². The SMILES string of the molecule is CCn1c(CCC(N)=O)nnc1SCC(=O)Nc1ccc(C)cc1C. The summed E-state index contributed by atoms with van der Waals surface area (Å²) in [6.45, 7) is 6.62. The van der Waals surface area contributed by atoms with E-state index >= 15 is 0 Å². The molecule has 134 valence electrons. The van der Waals surface area contributed by atoms with E-state index < -0.39 is 0 Å². The highest BCUT2D eigenvalue weighted by Crippen LogP contribution is 2.20. The van der Waals surface area contributed by atoms with Gasteiger partial charge in [-0.2, -0.15) is 0 Å². The third-order valence-electron chi connectivity index (χ3n) is 3.69. The Bertz CT molecular complexity index is 772. The fraction of sp³-hybridized carbons (Fsp3) is 0.412. The third kappa shape index (κ3) is 5.32. The number of carbonyl (C=O) groups is 2. The van der Waals surface area contributed by atoms with Gasteiger partial charge in [-0.1, -0.05) is 29.5 Å². The summed E-state index contributed by atoms with van der Waals surface area (Å²) in [5, 5.41) is 11.8. The molecule has 7 nitrogen and oxygen atoms in total. The molecule has 0 aliphatic carbocycles. The van der Waals surface area contributed by atoms with E-state index in [4.69, 9.17) is 5.73 Å². The van der Waals surface area contributed by atoms with Crippen LogP contribution in [0.5, 0.6) is 0 Å². The van der Waals surface area contributed by atoms with Crippen molar-refractivity contribution in [2.45, 2.75) is 45.3 Å². The Hall–Kier alpha value is -2.35. The lowest BCUT2D eigenvalue weighted by Gasteiger charge is -2.09. The third-order valence-corrected chi connectivity index (χ3v) is 4.66. The molecule has 2 aromatic rings. The minimum absolute atomic E-state index is 0.0960. The van der Waals surface area contributed by atoms with Crippen LogP contribution in [-0.4, -0.2) is 32.3 Å². The van der Waals surface area contributed by atoms with Crippen molar-refractivity contribution in [1.82, 2.24) is 14.8 Å². The molecule has 0 unspecified atom stereocenters. The van der Waals surface area contributed by atoms with Crippen LogP contribution in [0, 0.1) is 13.8 Å². The van der Waals surface area contributed by atoms with Crippen LogP contribution in [0.4, 0.5) is 5.69 Å². The van der Waals surface area contributed by atoms with Crippen molar-refractivity contribution in [2.75, 3.05) is 11.1 Å². The molecule has 0 spiro atoms. The van der Waals surface area contributed by atoms with Gasteiger partial charge in [0.15, 0.2) is 5.16 Å². The molecule has 0 bridgehead atoms. The van der Waals surface area contributed by atoms with Crippen molar-refractivity contribution in [2.24, 2.45) is 5.73 Å². The second kappa shape index (κ2) is 8.66. The van der Waals surface area contributed by atoms with Crippen molar-refractivity contribution >= 4 is 29.3 Å². The van der Waals surface area contributed by atoms with Crippen LogP contribution in [0.25, 0.3) is 0 Å². The predicted molar refractivity (Wildman–Crippen MR) is 98.5 cm³/mol. The summed E-state index contributed by atoms with van der Waals surface area (Å²) in [7, 11) is 0. The van der Waals surface area contributed by atoms with Gasteiger partial charge in [-0.05, 0) is 32.4 Å². The molecule has 0 aliphatic rings. The van der Waals surface area contributed by atoms with Crippen LogP contribution >= 0.6 is 11.8 Å². The summed E-state index contributed by atoms with van der Waals surface area (Å²) in [6, 6.07) is 5.90. The van der Waals surface area contributed by atoms with E-state index in [9.17, 15) is 9.59 Å². The molecule has 0 radical (unpaired) electrons. The number of thioether (sulfide) groups is 1. The van der Waals surface area contributed by atoms with Gasteiger partial charge in [0.25, 0.3) is 0 Å². The fourth-order valence-corrected chi connectivity index (χ4v) is 3.25.